The number of hydrogen-bond donors (Lipinski definition) is 1. The number of nitriles is 1. The van der Waals surface area contributed by atoms with Crippen molar-refractivity contribution >= 4 is 5.82 Å². The first-order valence-corrected chi connectivity index (χ1v) is 5.50. The molecule has 0 radical (unpaired) electrons. The van der Waals surface area contributed by atoms with Crippen LogP contribution in [0.3, 0.4) is 0 Å². The molecule has 0 aliphatic heterocycles. The molecule has 0 saturated carbocycles. The van der Waals surface area contributed by atoms with Gasteiger partial charge in [0, 0.05) is 12.2 Å². The third-order valence-electron chi connectivity index (χ3n) is 2.36. The largest absolute Gasteiger partial charge is 0.367 e. The summed E-state index contributed by atoms with van der Waals surface area (Å²) in [5.41, 5.74) is 0.595. The predicted octanol–water partition coefficient (Wildman–Crippen LogP) is 3.11. The average Bonchev–Trinajstić information content (AvgIpc) is 2.30. The smallest absolute Gasteiger partial charge is 0.144 e. The fourth-order valence-electron chi connectivity index (χ4n) is 1.48. The quantitative estimate of drug-likeness (QED) is 0.586. The Balaban J connectivity index is 2.52. The highest BCUT2D eigenvalue weighted by Crippen LogP contribution is 2.13. The van der Waals surface area contributed by atoms with E-state index in [1.165, 1.54) is 0 Å². The van der Waals surface area contributed by atoms with E-state index < -0.39 is 0 Å². The van der Waals surface area contributed by atoms with E-state index in [9.17, 15) is 0 Å². The van der Waals surface area contributed by atoms with Gasteiger partial charge in [-0.3, -0.25) is 0 Å². The van der Waals surface area contributed by atoms with Crippen molar-refractivity contribution in [1.82, 2.24) is 4.98 Å². The molecule has 1 N–H and O–H groups in total. The van der Waals surface area contributed by atoms with Crippen LogP contribution in [-0.4, -0.2) is 11.0 Å². The van der Waals surface area contributed by atoms with Gasteiger partial charge in [0.25, 0.3) is 0 Å². The van der Waals surface area contributed by atoms with Gasteiger partial charge >= 0.3 is 0 Å². The van der Waals surface area contributed by atoms with Crippen molar-refractivity contribution in [2.75, 3.05) is 5.32 Å². The minimum Gasteiger partial charge on any atom is -0.367 e. The highest BCUT2D eigenvalue weighted by Gasteiger charge is 2.06. The Morgan fingerprint density at radius 2 is 2.50 bits per heavy atom. The molecule has 84 valence electrons. The predicted molar refractivity (Wildman–Crippen MR) is 66.1 cm³/mol. The maximum Gasteiger partial charge on any atom is 0.144 e. The van der Waals surface area contributed by atoms with Crippen molar-refractivity contribution < 1.29 is 0 Å². The molecule has 3 nitrogen and oxygen atoms in total. The summed E-state index contributed by atoms with van der Waals surface area (Å²) in [4.78, 5) is 4.16. The Hall–Kier alpha value is -1.82. The SMILES string of the molecule is C=CCCCC(C)Nc1ncccc1C#N. The molecule has 1 atom stereocenters. The van der Waals surface area contributed by atoms with E-state index in [1.807, 2.05) is 6.08 Å². The molecule has 1 heterocycles. The van der Waals surface area contributed by atoms with Crippen LogP contribution in [0.5, 0.6) is 0 Å². The van der Waals surface area contributed by atoms with Crippen molar-refractivity contribution in [3.63, 3.8) is 0 Å². The van der Waals surface area contributed by atoms with E-state index in [1.54, 1.807) is 18.3 Å². The van der Waals surface area contributed by atoms with Crippen LogP contribution < -0.4 is 5.32 Å². The number of anilines is 1. The van der Waals surface area contributed by atoms with Gasteiger partial charge in [-0.25, -0.2) is 4.98 Å². The number of allylic oxidation sites excluding steroid dienone is 1. The van der Waals surface area contributed by atoms with Gasteiger partial charge in [0.1, 0.15) is 11.9 Å². The fraction of sp³-hybridized carbons (Fsp3) is 0.385. The molecular formula is C13H17N3. The van der Waals surface area contributed by atoms with E-state index >= 15 is 0 Å². The van der Waals surface area contributed by atoms with Crippen LogP contribution in [0.1, 0.15) is 31.7 Å². The highest BCUT2D eigenvalue weighted by atomic mass is 15.0. The van der Waals surface area contributed by atoms with Crippen LogP contribution in [0, 0.1) is 11.3 Å². The van der Waals surface area contributed by atoms with Crippen molar-refractivity contribution in [2.24, 2.45) is 0 Å². The molecule has 0 spiro atoms. The van der Waals surface area contributed by atoms with Gasteiger partial charge in [-0.1, -0.05) is 6.08 Å². The Bertz CT molecular complexity index is 379. The minimum atomic E-state index is 0.321. The van der Waals surface area contributed by atoms with Gasteiger partial charge in [-0.15, -0.1) is 6.58 Å². The topological polar surface area (TPSA) is 48.7 Å². The third kappa shape index (κ3) is 3.74. The first kappa shape index (κ1) is 12.3. The molecule has 0 aliphatic rings. The van der Waals surface area contributed by atoms with Crippen LogP contribution in [0.4, 0.5) is 5.82 Å². The number of hydrogen-bond acceptors (Lipinski definition) is 3. The first-order valence-electron chi connectivity index (χ1n) is 5.50. The molecule has 0 bridgehead atoms. The summed E-state index contributed by atoms with van der Waals surface area (Å²) in [6.07, 6.45) is 6.80. The summed E-state index contributed by atoms with van der Waals surface area (Å²) in [7, 11) is 0. The maximum atomic E-state index is 8.90. The minimum absolute atomic E-state index is 0.321. The number of nitrogens with one attached hydrogen (secondary N) is 1. The lowest BCUT2D eigenvalue weighted by atomic mass is 10.1. The zero-order valence-corrected chi connectivity index (χ0v) is 9.61. The van der Waals surface area contributed by atoms with Crippen LogP contribution in [-0.2, 0) is 0 Å². The number of pyridine rings is 1. The van der Waals surface area contributed by atoms with Gasteiger partial charge in [0.05, 0.1) is 5.56 Å². The van der Waals surface area contributed by atoms with Crippen molar-refractivity contribution in [3.05, 3.63) is 36.5 Å². The second-order valence-corrected chi connectivity index (χ2v) is 3.78. The van der Waals surface area contributed by atoms with Crippen molar-refractivity contribution in [3.8, 4) is 6.07 Å². The van der Waals surface area contributed by atoms with Crippen LogP contribution in [0.2, 0.25) is 0 Å². The molecule has 0 saturated heterocycles. The molecule has 0 aliphatic carbocycles. The van der Waals surface area contributed by atoms with E-state index in [0.29, 0.717) is 17.4 Å². The summed E-state index contributed by atoms with van der Waals surface area (Å²) in [5.74, 6) is 0.677. The van der Waals surface area contributed by atoms with E-state index in [2.05, 4.69) is 29.9 Å². The normalized spacial score (nSPS) is 11.5. The van der Waals surface area contributed by atoms with Crippen LogP contribution in [0.25, 0.3) is 0 Å². The molecule has 3 heteroatoms. The Morgan fingerprint density at radius 1 is 1.69 bits per heavy atom. The first-order chi connectivity index (χ1) is 7.77. The average molecular weight is 215 g/mol. The summed E-state index contributed by atoms with van der Waals surface area (Å²) in [6.45, 7) is 5.79. The molecule has 0 aromatic carbocycles. The van der Waals surface area contributed by atoms with Gasteiger partial charge in [-0.2, -0.15) is 5.26 Å². The monoisotopic (exact) mass is 215 g/mol. The van der Waals surface area contributed by atoms with Crippen molar-refractivity contribution in [1.29, 1.82) is 5.26 Å². The second kappa shape index (κ2) is 6.62. The molecule has 0 fully saturated rings. The lowest BCUT2D eigenvalue weighted by Crippen LogP contribution is -2.16. The molecule has 1 rings (SSSR count). The van der Waals surface area contributed by atoms with Gasteiger partial charge < -0.3 is 5.32 Å². The van der Waals surface area contributed by atoms with E-state index in [4.69, 9.17) is 5.26 Å². The van der Waals surface area contributed by atoms with Crippen molar-refractivity contribution in [2.45, 2.75) is 32.2 Å². The highest BCUT2D eigenvalue weighted by molar-refractivity contribution is 5.51. The molecule has 1 aromatic rings. The number of nitrogens with zero attached hydrogens (tertiary/aromatic N) is 2. The Kier molecular flexibility index (Phi) is 5.07. The second-order valence-electron chi connectivity index (χ2n) is 3.78. The number of unbranched alkanes of at least 4 members (excludes halogenated alkanes) is 1. The third-order valence-corrected chi connectivity index (χ3v) is 2.36. The summed E-state index contributed by atoms with van der Waals surface area (Å²) >= 11 is 0. The molecule has 1 aromatic heterocycles. The molecule has 0 amide bonds. The lowest BCUT2D eigenvalue weighted by molar-refractivity contribution is 0.661. The summed E-state index contributed by atoms with van der Waals surface area (Å²) in [6, 6.07) is 5.99. The number of rotatable bonds is 6. The van der Waals surface area contributed by atoms with Crippen LogP contribution in [0.15, 0.2) is 31.0 Å². The lowest BCUT2D eigenvalue weighted by Gasteiger charge is -2.14. The van der Waals surface area contributed by atoms with Gasteiger partial charge in [0.2, 0.25) is 0 Å². The summed E-state index contributed by atoms with van der Waals surface area (Å²) < 4.78 is 0. The molecule has 16 heavy (non-hydrogen) atoms. The molecular weight excluding hydrogens is 198 g/mol. The number of aromatic nitrogens is 1. The Morgan fingerprint density at radius 3 is 3.19 bits per heavy atom. The zero-order valence-electron chi connectivity index (χ0n) is 9.61. The maximum absolute atomic E-state index is 8.90. The van der Waals surface area contributed by atoms with Gasteiger partial charge in [-0.05, 0) is 38.3 Å². The standard InChI is InChI=1S/C13H17N3/c1-3-4-5-7-11(2)16-13-12(10-14)8-6-9-15-13/h3,6,8-9,11H,1,4-5,7H2,2H3,(H,15,16). The summed E-state index contributed by atoms with van der Waals surface area (Å²) in [5, 5.41) is 12.2. The molecule has 1 unspecified atom stereocenters. The zero-order chi connectivity index (χ0) is 11.8. The Labute approximate surface area is 96.8 Å². The van der Waals surface area contributed by atoms with E-state index in [-0.39, 0.29) is 0 Å². The van der Waals surface area contributed by atoms with E-state index in [0.717, 1.165) is 19.3 Å². The fourth-order valence-corrected chi connectivity index (χ4v) is 1.48. The van der Waals surface area contributed by atoms with Gasteiger partial charge in [0.15, 0.2) is 0 Å². The van der Waals surface area contributed by atoms with Crippen LogP contribution >= 0.6 is 0 Å².